The van der Waals surface area contributed by atoms with E-state index in [-0.39, 0.29) is 24.7 Å². The number of aliphatic carboxylic acids is 1. The van der Waals surface area contributed by atoms with Crippen molar-refractivity contribution in [1.82, 2.24) is 0 Å². The van der Waals surface area contributed by atoms with Gasteiger partial charge >= 0.3 is 5.97 Å². The number of fused-ring (bicyclic) bond motifs is 1. The second kappa shape index (κ2) is 4.49. The average molecular weight is 298 g/mol. The van der Waals surface area contributed by atoms with Gasteiger partial charge in [-0.15, -0.1) is 0 Å². The van der Waals surface area contributed by atoms with Crippen LogP contribution < -0.4 is 4.90 Å². The number of hydrogen-bond donors (Lipinski definition) is 1. The van der Waals surface area contributed by atoms with Crippen molar-refractivity contribution in [3.05, 3.63) is 28.2 Å². The van der Waals surface area contributed by atoms with Crippen molar-refractivity contribution < 1.29 is 14.7 Å². The van der Waals surface area contributed by atoms with E-state index in [1.165, 1.54) is 0 Å². The Kier molecular flexibility index (Phi) is 3.19. The van der Waals surface area contributed by atoms with E-state index in [1.807, 2.05) is 18.2 Å². The number of nitrogens with zero attached hydrogens (tertiary/aromatic N) is 1. The largest absolute Gasteiger partial charge is 0.481 e. The summed E-state index contributed by atoms with van der Waals surface area (Å²) in [5.41, 5.74) is 1.71. The summed E-state index contributed by atoms with van der Waals surface area (Å²) in [7, 11) is 1.71. The highest BCUT2D eigenvalue weighted by molar-refractivity contribution is 9.10. The Hall–Kier alpha value is -1.36. The number of amides is 1. The molecule has 0 spiro atoms. The van der Waals surface area contributed by atoms with Crippen LogP contribution in [0, 0.1) is 0 Å². The molecule has 0 saturated carbocycles. The Morgan fingerprint density at radius 3 is 2.94 bits per heavy atom. The van der Waals surface area contributed by atoms with Crippen LogP contribution in [0.4, 0.5) is 5.69 Å². The molecule has 90 valence electrons. The van der Waals surface area contributed by atoms with Crippen molar-refractivity contribution in [2.45, 2.75) is 18.8 Å². The van der Waals surface area contributed by atoms with Gasteiger partial charge in [0.15, 0.2) is 0 Å². The van der Waals surface area contributed by atoms with Crippen LogP contribution >= 0.6 is 15.9 Å². The Bertz CT molecular complexity index is 487. The van der Waals surface area contributed by atoms with Crippen LogP contribution in [0.2, 0.25) is 0 Å². The van der Waals surface area contributed by atoms with Gasteiger partial charge in [-0.05, 0) is 27.6 Å². The minimum atomic E-state index is -0.877. The minimum Gasteiger partial charge on any atom is -0.481 e. The summed E-state index contributed by atoms with van der Waals surface area (Å²) in [5, 5.41) is 8.88. The number of halogens is 1. The van der Waals surface area contributed by atoms with Gasteiger partial charge in [-0.2, -0.15) is 0 Å². The summed E-state index contributed by atoms with van der Waals surface area (Å²) >= 11 is 3.40. The van der Waals surface area contributed by atoms with E-state index in [0.717, 1.165) is 15.7 Å². The lowest BCUT2D eigenvalue weighted by Crippen LogP contribution is -2.34. The lowest BCUT2D eigenvalue weighted by molar-refractivity contribution is -0.137. The molecule has 1 amide bonds. The lowest BCUT2D eigenvalue weighted by Gasteiger charge is -2.31. The molecule has 1 N–H and O–H groups in total. The molecule has 0 aromatic heterocycles. The van der Waals surface area contributed by atoms with Gasteiger partial charge < -0.3 is 10.0 Å². The first-order valence-electron chi connectivity index (χ1n) is 5.27. The first-order chi connectivity index (χ1) is 8.00. The maximum Gasteiger partial charge on any atom is 0.303 e. The number of carboxylic acids is 1. The molecule has 5 heteroatoms. The van der Waals surface area contributed by atoms with Gasteiger partial charge in [0.1, 0.15) is 0 Å². The molecule has 1 unspecified atom stereocenters. The Morgan fingerprint density at radius 1 is 1.59 bits per heavy atom. The zero-order valence-electron chi connectivity index (χ0n) is 9.31. The van der Waals surface area contributed by atoms with Gasteiger partial charge in [-0.25, -0.2) is 0 Å². The van der Waals surface area contributed by atoms with Gasteiger partial charge in [0.2, 0.25) is 5.91 Å². The highest BCUT2D eigenvalue weighted by Crippen LogP contribution is 2.41. The standard InChI is InChI=1S/C12H12BrNO3/c1-14-10(15)5-7(6-11(16)17)8-3-2-4-9(13)12(8)14/h2-4,7H,5-6H2,1H3,(H,16,17). The van der Waals surface area contributed by atoms with Crippen LogP contribution in [0.5, 0.6) is 0 Å². The van der Waals surface area contributed by atoms with Gasteiger partial charge in [-0.3, -0.25) is 9.59 Å². The molecule has 0 saturated heterocycles. The summed E-state index contributed by atoms with van der Waals surface area (Å²) in [5.74, 6) is -1.15. The van der Waals surface area contributed by atoms with Crippen LogP contribution in [0.1, 0.15) is 24.3 Å². The fourth-order valence-electron chi connectivity index (χ4n) is 2.19. The van der Waals surface area contributed by atoms with Crippen LogP contribution in [0.3, 0.4) is 0 Å². The third kappa shape index (κ3) is 2.20. The van der Waals surface area contributed by atoms with Crippen molar-refractivity contribution in [3.8, 4) is 0 Å². The second-order valence-electron chi connectivity index (χ2n) is 4.13. The van der Waals surface area contributed by atoms with E-state index in [0.29, 0.717) is 0 Å². The quantitative estimate of drug-likeness (QED) is 0.912. The number of carbonyl (C=O) groups excluding carboxylic acids is 1. The van der Waals surface area contributed by atoms with E-state index in [9.17, 15) is 9.59 Å². The predicted molar refractivity (Wildman–Crippen MR) is 67.2 cm³/mol. The fraction of sp³-hybridized carbons (Fsp3) is 0.333. The summed E-state index contributed by atoms with van der Waals surface area (Å²) in [6.45, 7) is 0. The van der Waals surface area contributed by atoms with Crippen molar-refractivity contribution in [1.29, 1.82) is 0 Å². The summed E-state index contributed by atoms with van der Waals surface area (Å²) in [4.78, 5) is 24.2. The summed E-state index contributed by atoms with van der Waals surface area (Å²) in [6, 6.07) is 5.60. The number of benzene rings is 1. The van der Waals surface area contributed by atoms with Crippen LogP contribution in [-0.2, 0) is 9.59 Å². The number of hydrogen-bond acceptors (Lipinski definition) is 2. The van der Waals surface area contributed by atoms with Crippen molar-refractivity contribution in [2.24, 2.45) is 0 Å². The highest BCUT2D eigenvalue weighted by Gasteiger charge is 2.31. The molecule has 17 heavy (non-hydrogen) atoms. The van der Waals surface area contributed by atoms with E-state index < -0.39 is 5.97 Å². The van der Waals surface area contributed by atoms with Gasteiger partial charge in [0, 0.05) is 23.9 Å². The SMILES string of the molecule is CN1C(=O)CC(CC(=O)O)c2cccc(Br)c21. The van der Waals surface area contributed by atoms with E-state index in [1.54, 1.807) is 11.9 Å². The normalized spacial score (nSPS) is 19.1. The molecular formula is C12H12BrNO3. The molecule has 1 heterocycles. The smallest absolute Gasteiger partial charge is 0.303 e. The average Bonchev–Trinajstić information content (AvgIpc) is 2.24. The van der Waals surface area contributed by atoms with Crippen molar-refractivity contribution in [3.63, 3.8) is 0 Å². The van der Waals surface area contributed by atoms with Gasteiger partial charge in [0.05, 0.1) is 12.1 Å². The highest BCUT2D eigenvalue weighted by atomic mass is 79.9. The van der Waals surface area contributed by atoms with Crippen molar-refractivity contribution >= 4 is 33.5 Å². The van der Waals surface area contributed by atoms with Crippen LogP contribution in [0.25, 0.3) is 0 Å². The summed E-state index contributed by atoms with van der Waals surface area (Å²) in [6.07, 6.45) is 0.245. The summed E-state index contributed by atoms with van der Waals surface area (Å²) < 4.78 is 0.820. The van der Waals surface area contributed by atoms with Gasteiger partial charge in [0.25, 0.3) is 0 Å². The number of rotatable bonds is 2. The van der Waals surface area contributed by atoms with E-state index in [4.69, 9.17) is 5.11 Å². The molecule has 1 aromatic carbocycles. The zero-order valence-corrected chi connectivity index (χ0v) is 10.9. The molecule has 4 nitrogen and oxygen atoms in total. The zero-order chi connectivity index (χ0) is 12.6. The Morgan fingerprint density at radius 2 is 2.29 bits per heavy atom. The Balaban J connectivity index is 2.49. The topological polar surface area (TPSA) is 57.6 Å². The lowest BCUT2D eigenvalue weighted by atomic mass is 9.87. The third-order valence-electron chi connectivity index (χ3n) is 3.01. The minimum absolute atomic E-state index is 0.0109. The molecule has 1 aromatic rings. The fourth-order valence-corrected chi connectivity index (χ4v) is 2.84. The molecule has 1 atom stereocenters. The van der Waals surface area contributed by atoms with Crippen molar-refractivity contribution in [2.75, 3.05) is 11.9 Å². The maximum atomic E-state index is 11.8. The molecule has 1 aliphatic heterocycles. The molecule has 0 fully saturated rings. The molecule has 1 aliphatic rings. The van der Waals surface area contributed by atoms with Crippen LogP contribution in [0.15, 0.2) is 22.7 Å². The predicted octanol–water partition coefficient (Wildman–Crippen LogP) is 2.37. The van der Waals surface area contributed by atoms with Crippen LogP contribution in [-0.4, -0.2) is 24.0 Å². The third-order valence-corrected chi connectivity index (χ3v) is 3.65. The molecule has 0 bridgehead atoms. The first-order valence-corrected chi connectivity index (χ1v) is 6.06. The monoisotopic (exact) mass is 297 g/mol. The molecule has 2 rings (SSSR count). The number of anilines is 1. The first kappa shape index (κ1) is 12.1. The molecule has 0 aliphatic carbocycles. The molecular weight excluding hydrogens is 286 g/mol. The number of para-hydroxylation sites is 1. The Labute approximate surface area is 107 Å². The van der Waals surface area contributed by atoms with E-state index in [2.05, 4.69) is 15.9 Å². The second-order valence-corrected chi connectivity index (χ2v) is 4.98. The van der Waals surface area contributed by atoms with E-state index >= 15 is 0 Å². The number of carboxylic acid groups (broad SMARTS) is 1. The van der Waals surface area contributed by atoms with Gasteiger partial charge in [-0.1, -0.05) is 12.1 Å². The molecule has 0 radical (unpaired) electrons. The number of carbonyl (C=O) groups is 2. The maximum absolute atomic E-state index is 11.8.